The smallest absolute Gasteiger partial charge is 0.225 e. The fraction of sp³-hybridized carbons (Fsp3) is 0.448. The Morgan fingerprint density at radius 3 is 2.37 bits per heavy atom. The van der Waals surface area contributed by atoms with Crippen molar-refractivity contribution in [3.05, 3.63) is 142 Å². The van der Waals surface area contributed by atoms with Gasteiger partial charge in [0.15, 0.2) is 23.2 Å². The van der Waals surface area contributed by atoms with Crippen LogP contribution in [0.2, 0.25) is 5.02 Å². The van der Waals surface area contributed by atoms with Crippen LogP contribution >= 0.6 is 11.6 Å². The monoisotopic (exact) mass is 1020 g/mol. The molecule has 73 heavy (non-hydrogen) atoms. The predicted molar refractivity (Wildman–Crippen MR) is 282 cm³/mol. The molecule has 0 bridgehead atoms. The van der Waals surface area contributed by atoms with Crippen molar-refractivity contribution in [3.8, 4) is 16.9 Å². The van der Waals surface area contributed by atoms with Crippen LogP contribution in [0, 0.1) is 35.1 Å². The molecule has 4 fully saturated rings. The van der Waals surface area contributed by atoms with Crippen molar-refractivity contribution in [1.29, 1.82) is 0 Å². The van der Waals surface area contributed by atoms with E-state index in [2.05, 4.69) is 64.3 Å². The molecule has 5 aliphatic rings. The third kappa shape index (κ3) is 9.30. The van der Waals surface area contributed by atoms with Gasteiger partial charge in [-0.15, -0.1) is 0 Å². The summed E-state index contributed by atoms with van der Waals surface area (Å²) in [6.45, 7) is 21.0. The van der Waals surface area contributed by atoms with Gasteiger partial charge in [0.05, 0.1) is 17.0 Å². The molecule has 0 radical (unpaired) electrons. The second-order valence-electron chi connectivity index (χ2n) is 21.2. The number of nitrogens with two attached hydrogens (primary N) is 1. The van der Waals surface area contributed by atoms with Gasteiger partial charge in [0.1, 0.15) is 23.0 Å². The van der Waals surface area contributed by atoms with Gasteiger partial charge in [-0.1, -0.05) is 68.6 Å². The first kappa shape index (κ1) is 50.7. The van der Waals surface area contributed by atoms with Crippen molar-refractivity contribution in [2.24, 2.45) is 24.6 Å². The summed E-state index contributed by atoms with van der Waals surface area (Å²) in [6, 6.07) is 16.5. The molecule has 1 saturated carbocycles. The largest absolute Gasteiger partial charge is 0.491 e. The molecule has 10 rings (SSSR count). The highest BCUT2D eigenvalue weighted by molar-refractivity contribution is 6.34. The van der Waals surface area contributed by atoms with Crippen LogP contribution in [0.3, 0.4) is 0 Å². The van der Waals surface area contributed by atoms with Gasteiger partial charge in [-0.25, -0.2) is 17.6 Å². The minimum Gasteiger partial charge on any atom is -0.491 e. The summed E-state index contributed by atoms with van der Waals surface area (Å²) in [5, 5.41) is 11.9. The number of amides is 1. The summed E-state index contributed by atoms with van der Waals surface area (Å²) < 4.78 is 72.1. The molecule has 3 saturated heterocycles. The number of carbonyl (C=O) groups is 1. The average molecular weight is 1020 g/mol. The van der Waals surface area contributed by atoms with Crippen LogP contribution in [0.25, 0.3) is 27.7 Å². The number of nitrogens with one attached hydrogen (secondary N) is 2. The van der Waals surface area contributed by atoms with Gasteiger partial charge in [0.25, 0.3) is 0 Å². The summed E-state index contributed by atoms with van der Waals surface area (Å²) >= 11 is 6.87. The van der Waals surface area contributed by atoms with Crippen molar-refractivity contribution < 1.29 is 27.1 Å². The van der Waals surface area contributed by atoms with E-state index < -0.39 is 28.7 Å². The summed E-state index contributed by atoms with van der Waals surface area (Å²) in [6.07, 6.45) is 6.65. The zero-order chi connectivity index (χ0) is 51.5. The molecule has 10 nitrogen and oxygen atoms in total. The molecule has 15 heteroatoms. The van der Waals surface area contributed by atoms with Crippen LogP contribution in [-0.4, -0.2) is 83.9 Å². The Kier molecular flexibility index (Phi) is 14.2. The second kappa shape index (κ2) is 20.5. The third-order valence-corrected chi connectivity index (χ3v) is 17.3. The molecule has 3 aliphatic heterocycles. The number of benzene rings is 4. The van der Waals surface area contributed by atoms with Crippen molar-refractivity contribution in [3.63, 3.8) is 0 Å². The van der Waals surface area contributed by atoms with E-state index in [9.17, 15) is 4.79 Å². The normalized spacial score (nSPS) is 23.8. The molecule has 4 N–H and O–H groups in total. The summed E-state index contributed by atoms with van der Waals surface area (Å²) in [7, 11) is 1.70. The van der Waals surface area contributed by atoms with E-state index in [1.54, 1.807) is 20.0 Å². The molecule has 4 aromatic carbocycles. The van der Waals surface area contributed by atoms with Gasteiger partial charge in [-0.3, -0.25) is 9.48 Å². The Labute approximate surface area is 431 Å². The molecular weight excluding hydrogens is 952 g/mol. The average Bonchev–Trinajstić information content (AvgIpc) is 4.06. The molecule has 4 heterocycles. The summed E-state index contributed by atoms with van der Waals surface area (Å²) in [5.74, 6) is -1.22. The lowest BCUT2D eigenvalue weighted by Gasteiger charge is -2.38. The van der Waals surface area contributed by atoms with Crippen LogP contribution in [0.5, 0.6) is 5.75 Å². The van der Waals surface area contributed by atoms with Crippen LogP contribution in [-0.2, 0) is 23.7 Å². The van der Waals surface area contributed by atoms with E-state index >= 15 is 17.6 Å². The number of hydrogen-bond acceptors (Lipinski definition) is 8. The summed E-state index contributed by atoms with van der Waals surface area (Å²) in [5.41, 5.74) is 10.5. The molecule has 0 spiro atoms. The van der Waals surface area contributed by atoms with E-state index in [4.69, 9.17) is 22.1 Å². The minimum absolute atomic E-state index is 0.0279. The number of piperidine rings is 1. The maximum Gasteiger partial charge on any atom is 0.225 e. The van der Waals surface area contributed by atoms with E-state index in [-0.39, 0.29) is 69.5 Å². The number of likely N-dealkylation sites (tertiary alicyclic amines) is 2. The maximum atomic E-state index is 16.6. The van der Waals surface area contributed by atoms with Crippen LogP contribution in [0.4, 0.5) is 23.4 Å². The number of carbonyl (C=O) groups excluding carboxylic acids is 1. The topological polar surface area (TPSA) is 104 Å². The standard InChI is InChI=1S/C58H67ClF4N8O2/c1-7-73-47-18-17-43(35(4)64)50(53(47)62)51-48-34(3)58(41-11-9-8-10-12-41,29-40(48)27-46(61)52(51)59)32-65-42-15-13-39(14-16-42)57(72)70-25-20-37(31-70)30-69-23-21-38(22-24-69)49-45(60)28-44-55(54(49)63)68(6)67-56(44)71-26-19-33(2)66-36(71)5/h8-12,17-18,27-28,34,37-39,42,65-66H,2,4-5,7,13-16,19-26,29-32,64H2,1,3,6H3. The highest BCUT2D eigenvalue weighted by Crippen LogP contribution is 2.55. The lowest BCUT2D eigenvalue weighted by atomic mass is 9.70. The molecule has 5 aromatic rings. The molecule has 1 amide bonds. The Morgan fingerprint density at radius 1 is 0.932 bits per heavy atom. The van der Waals surface area contributed by atoms with Gasteiger partial charge < -0.3 is 35.8 Å². The van der Waals surface area contributed by atoms with Gasteiger partial charge in [-0.2, -0.15) is 5.10 Å². The first-order valence-electron chi connectivity index (χ1n) is 26.0. The highest BCUT2D eigenvalue weighted by atomic mass is 35.5. The van der Waals surface area contributed by atoms with E-state index in [1.165, 1.54) is 22.9 Å². The molecule has 3 unspecified atom stereocenters. The van der Waals surface area contributed by atoms with Crippen molar-refractivity contribution >= 4 is 39.9 Å². The van der Waals surface area contributed by atoms with Gasteiger partial charge in [0, 0.05) is 97.2 Å². The van der Waals surface area contributed by atoms with Crippen LogP contribution < -0.4 is 26.0 Å². The number of hydrogen-bond donors (Lipinski definition) is 3. The lowest BCUT2D eigenvalue weighted by Crippen LogP contribution is -2.46. The van der Waals surface area contributed by atoms with Crippen molar-refractivity contribution in [1.82, 2.24) is 30.2 Å². The number of halogens is 5. The Balaban J connectivity index is 0.755. The van der Waals surface area contributed by atoms with E-state index in [0.29, 0.717) is 72.8 Å². The van der Waals surface area contributed by atoms with Gasteiger partial charge in [-0.05, 0) is 130 Å². The van der Waals surface area contributed by atoms with Gasteiger partial charge >= 0.3 is 0 Å². The van der Waals surface area contributed by atoms with Crippen molar-refractivity contribution in [2.45, 2.75) is 94.9 Å². The lowest BCUT2D eigenvalue weighted by molar-refractivity contribution is -0.135. The van der Waals surface area contributed by atoms with E-state index in [1.807, 2.05) is 23.1 Å². The first-order chi connectivity index (χ1) is 35.1. The van der Waals surface area contributed by atoms with Crippen molar-refractivity contribution in [2.75, 3.05) is 57.3 Å². The number of rotatable bonds is 13. The third-order valence-electron chi connectivity index (χ3n) is 16.9. The SMILES string of the molecule is C=C1CCN(c2nn(C)c3c(F)c(C4CCN(CC5CCN(C(=O)C6CCC(NCC7(c8ccccc8)Cc8cc(F)c(Cl)c(-c9c(C(=C)N)ccc(OCC)c9F)c8C7C)CC6)C5)CC4)c(F)cc23)C(=C)N1. The molecular formula is C58H67ClF4N8O2. The Hall–Kier alpha value is -5.83. The fourth-order valence-corrected chi connectivity index (χ4v) is 13.3. The number of aryl methyl sites for hydroxylation is 1. The molecule has 1 aromatic heterocycles. The predicted octanol–water partition coefficient (Wildman–Crippen LogP) is 11.0. The number of anilines is 1. The fourth-order valence-electron chi connectivity index (χ4n) is 13.1. The summed E-state index contributed by atoms with van der Waals surface area (Å²) in [4.78, 5) is 20.4. The van der Waals surface area contributed by atoms with Gasteiger partial charge in [0.2, 0.25) is 5.91 Å². The zero-order valence-electron chi connectivity index (χ0n) is 42.2. The Morgan fingerprint density at radius 2 is 1.67 bits per heavy atom. The number of ether oxygens (including phenoxy) is 1. The number of fused-ring (bicyclic) bond motifs is 2. The van der Waals surface area contributed by atoms with Crippen LogP contribution in [0.1, 0.15) is 105 Å². The first-order valence-corrected chi connectivity index (χ1v) is 26.4. The zero-order valence-corrected chi connectivity index (χ0v) is 43.0. The number of aromatic nitrogens is 2. The minimum atomic E-state index is -0.663. The van der Waals surface area contributed by atoms with Crippen LogP contribution in [0.15, 0.2) is 85.9 Å². The highest BCUT2D eigenvalue weighted by Gasteiger charge is 2.48. The molecule has 386 valence electrons. The quantitative estimate of drug-likeness (QED) is 0.100. The molecule has 2 aliphatic carbocycles. The Bertz CT molecular complexity index is 2980. The maximum absolute atomic E-state index is 16.6. The molecule has 3 atom stereocenters. The van der Waals surface area contributed by atoms with E-state index in [0.717, 1.165) is 87.2 Å². The number of nitrogens with zero attached hydrogens (tertiary/aromatic N) is 5. The second-order valence-corrected chi connectivity index (χ2v) is 21.6.